The molecule has 0 radical (unpaired) electrons. The van der Waals surface area contributed by atoms with E-state index in [1.54, 1.807) is 0 Å². The molecule has 2 N–H and O–H groups in total. The Morgan fingerprint density at radius 3 is 2.95 bits per heavy atom. The van der Waals surface area contributed by atoms with Crippen molar-refractivity contribution in [1.29, 1.82) is 0 Å². The Balaban J connectivity index is 1.79. The predicted octanol–water partition coefficient (Wildman–Crippen LogP) is 0.950. The number of carbonyl (C=O) groups excluding carboxylic acids is 1. The quantitative estimate of drug-likeness (QED) is 0.861. The molecule has 1 aliphatic heterocycles. The number of likely N-dealkylation sites (tertiary alicyclic amines) is 1. The first kappa shape index (κ1) is 15.3. The summed E-state index contributed by atoms with van der Waals surface area (Å²) in [5, 5.41) is 18.8. The van der Waals surface area contributed by atoms with E-state index in [4.69, 9.17) is 5.11 Å². The molecule has 0 spiro atoms. The maximum atomic E-state index is 12.1. The summed E-state index contributed by atoms with van der Waals surface area (Å²) in [6.07, 6.45) is 5.78. The zero-order chi connectivity index (χ0) is 15.2. The van der Waals surface area contributed by atoms with Gasteiger partial charge in [-0.25, -0.2) is 14.3 Å². The van der Waals surface area contributed by atoms with Gasteiger partial charge in [-0.05, 0) is 19.8 Å². The molecule has 1 aromatic heterocycles. The lowest BCUT2D eigenvalue weighted by Crippen LogP contribution is -2.45. The van der Waals surface area contributed by atoms with E-state index in [-0.39, 0.29) is 17.8 Å². The van der Waals surface area contributed by atoms with Crippen molar-refractivity contribution in [3.63, 3.8) is 0 Å². The molecule has 1 aromatic rings. The number of carbonyl (C=O) groups is 2. The molecule has 2 heterocycles. The Labute approximate surface area is 123 Å². The maximum Gasteiger partial charge on any atom is 0.358 e. The van der Waals surface area contributed by atoms with Crippen molar-refractivity contribution >= 4 is 12.0 Å². The smallest absolute Gasteiger partial charge is 0.358 e. The number of aromatic nitrogens is 3. The molecule has 8 nitrogen and oxygen atoms in total. The summed E-state index contributed by atoms with van der Waals surface area (Å²) in [7, 11) is 0. The number of nitrogens with one attached hydrogen (secondary N) is 1. The van der Waals surface area contributed by atoms with Gasteiger partial charge < -0.3 is 15.3 Å². The Hall–Kier alpha value is -2.12. The van der Waals surface area contributed by atoms with Gasteiger partial charge in [0.25, 0.3) is 0 Å². The number of hydrogen-bond acceptors (Lipinski definition) is 4. The lowest BCUT2D eigenvalue weighted by molar-refractivity contribution is 0.0690. The zero-order valence-corrected chi connectivity index (χ0v) is 12.2. The van der Waals surface area contributed by atoms with Crippen LogP contribution in [0, 0.1) is 0 Å². The summed E-state index contributed by atoms with van der Waals surface area (Å²) in [6.45, 7) is 3.65. The van der Waals surface area contributed by atoms with Crippen LogP contribution in [-0.4, -0.2) is 56.1 Å². The highest BCUT2D eigenvalue weighted by Gasteiger charge is 2.21. The van der Waals surface area contributed by atoms with E-state index in [0.29, 0.717) is 13.1 Å². The Morgan fingerprint density at radius 1 is 1.43 bits per heavy atom. The number of hydrogen-bond donors (Lipinski definition) is 2. The molecule has 2 rings (SSSR count). The Bertz CT molecular complexity index is 502. The fraction of sp³-hybridized carbons (Fsp3) is 0.692. The monoisotopic (exact) mass is 295 g/mol. The summed E-state index contributed by atoms with van der Waals surface area (Å²) in [5.41, 5.74) is -0.0949. The number of aromatic carboxylic acids is 1. The zero-order valence-electron chi connectivity index (χ0n) is 12.2. The number of carboxylic acid groups (broad SMARTS) is 1. The Kier molecular flexibility index (Phi) is 5.13. The van der Waals surface area contributed by atoms with Crippen LogP contribution in [0.15, 0.2) is 6.20 Å². The first-order valence-electron chi connectivity index (χ1n) is 7.26. The highest BCUT2D eigenvalue weighted by atomic mass is 16.4. The minimum absolute atomic E-state index is 0.0667. The van der Waals surface area contributed by atoms with Gasteiger partial charge in [-0.2, -0.15) is 0 Å². The van der Waals surface area contributed by atoms with Crippen LogP contribution in [0.25, 0.3) is 0 Å². The molecule has 0 saturated carbocycles. The van der Waals surface area contributed by atoms with E-state index in [1.165, 1.54) is 23.7 Å². The van der Waals surface area contributed by atoms with E-state index in [0.717, 1.165) is 19.4 Å². The highest BCUT2D eigenvalue weighted by molar-refractivity contribution is 5.84. The van der Waals surface area contributed by atoms with Crippen molar-refractivity contribution in [2.75, 3.05) is 13.1 Å². The van der Waals surface area contributed by atoms with Crippen molar-refractivity contribution in [3.05, 3.63) is 11.9 Å². The second-order valence-corrected chi connectivity index (χ2v) is 5.30. The van der Waals surface area contributed by atoms with E-state index < -0.39 is 5.97 Å². The molecule has 1 unspecified atom stereocenters. The summed E-state index contributed by atoms with van der Waals surface area (Å²) in [6, 6.07) is 0.195. The largest absolute Gasteiger partial charge is 0.476 e. The average molecular weight is 295 g/mol. The third-order valence-corrected chi connectivity index (χ3v) is 3.69. The molecule has 0 aromatic carbocycles. The highest BCUT2D eigenvalue weighted by Crippen LogP contribution is 2.16. The van der Waals surface area contributed by atoms with E-state index in [2.05, 4.69) is 22.6 Å². The predicted molar refractivity (Wildman–Crippen MR) is 75.0 cm³/mol. The van der Waals surface area contributed by atoms with Crippen LogP contribution in [0.3, 0.4) is 0 Å². The van der Waals surface area contributed by atoms with Crippen LogP contribution in [0.5, 0.6) is 0 Å². The molecular weight excluding hydrogens is 274 g/mol. The SMILES string of the molecule is CC1CCCCCN1C(=O)NCCn1cc(C(=O)O)nn1. The molecule has 2 amide bonds. The van der Waals surface area contributed by atoms with Gasteiger partial charge in [0.15, 0.2) is 5.69 Å². The van der Waals surface area contributed by atoms with Crippen molar-refractivity contribution in [2.45, 2.75) is 45.2 Å². The molecule has 21 heavy (non-hydrogen) atoms. The average Bonchev–Trinajstić information content (AvgIpc) is 2.81. The topological polar surface area (TPSA) is 100 Å². The maximum absolute atomic E-state index is 12.1. The number of carboxylic acids is 1. The molecule has 0 aliphatic carbocycles. The van der Waals surface area contributed by atoms with Gasteiger partial charge in [0, 0.05) is 19.1 Å². The minimum Gasteiger partial charge on any atom is -0.476 e. The molecule has 1 fully saturated rings. The second-order valence-electron chi connectivity index (χ2n) is 5.30. The number of rotatable bonds is 4. The summed E-state index contributed by atoms with van der Waals surface area (Å²) < 4.78 is 1.41. The third kappa shape index (κ3) is 4.17. The molecular formula is C13H21N5O3. The van der Waals surface area contributed by atoms with E-state index in [9.17, 15) is 9.59 Å². The molecule has 1 saturated heterocycles. The van der Waals surface area contributed by atoms with Crippen LogP contribution in [0.2, 0.25) is 0 Å². The third-order valence-electron chi connectivity index (χ3n) is 3.69. The summed E-state index contributed by atoms with van der Waals surface area (Å²) in [4.78, 5) is 24.7. The first-order valence-corrected chi connectivity index (χ1v) is 7.26. The van der Waals surface area contributed by atoms with Crippen LogP contribution < -0.4 is 5.32 Å². The van der Waals surface area contributed by atoms with Gasteiger partial charge in [0.1, 0.15) is 0 Å². The molecule has 8 heteroatoms. The number of amides is 2. The van der Waals surface area contributed by atoms with Crippen LogP contribution in [0.1, 0.15) is 43.1 Å². The van der Waals surface area contributed by atoms with E-state index >= 15 is 0 Å². The minimum atomic E-state index is -1.11. The molecule has 1 atom stereocenters. The number of nitrogens with zero attached hydrogens (tertiary/aromatic N) is 4. The Morgan fingerprint density at radius 2 is 2.24 bits per heavy atom. The molecule has 0 bridgehead atoms. The van der Waals surface area contributed by atoms with Gasteiger partial charge in [-0.15, -0.1) is 5.10 Å². The molecule has 1 aliphatic rings. The van der Waals surface area contributed by atoms with Crippen LogP contribution in [-0.2, 0) is 6.54 Å². The van der Waals surface area contributed by atoms with E-state index in [1.807, 2.05) is 4.90 Å². The van der Waals surface area contributed by atoms with Crippen molar-refractivity contribution < 1.29 is 14.7 Å². The summed E-state index contributed by atoms with van der Waals surface area (Å²) in [5.74, 6) is -1.11. The van der Waals surface area contributed by atoms with Gasteiger partial charge in [-0.1, -0.05) is 18.1 Å². The normalized spacial score (nSPS) is 19.1. The van der Waals surface area contributed by atoms with Crippen molar-refractivity contribution in [2.24, 2.45) is 0 Å². The summed E-state index contributed by atoms with van der Waals surface area (Å²) >= 11 is 0. The van der Waals surface area contributed by atoms with Gasteiger partial charge in [-0.3, -0.25) is 0 Å². The standard InChI is InChI=1S/C13H21N5O3/c1-10-5-3-2-4-7-18(10)13(21)14-6-8-17-9-11(12(19)20)15-16-17/h9-10H,2-8H2,1H3,(H,14,21)(H,19,20). The fourth-order valence-corrected chi connectivity index (χ4v) is 2.46. The first-order chi connectivity index (χ1) is 10.1. The molecule has 116 valence electrons. The van der Waals surface area contributed by atoms with Crippen molar-refractivity contribution in [3.8, 4) is 0 Å². The second kappa shape index (κ2) is 7.05. The lowest BCUT2D eigenvalue weighted by Gasteiger charge is -2.27. The lowest BCUT2D eigenvalue weighted by atomic mass is 10.1. The van der Waals surface area contributed by atoms with Gasteiger partial charge >= 0.3 is 12.0 Å². The van der Waals surface area contributed by atoms with Crippen LogP contribution in [0.4, 0.5) is 4.79 Å². The van der Waals surface area contributed by atoms with Crippen LogP contribution >= 0.6 is 0 Å². The fourth-order valence-electron chi connectivity index (χ4n) is 2.46. The van der Waals surface area contributed by atoms with Gasteiger partial charge in [0.05, 0.1) is 12.7 Å². The van der Waals surface area contributed by atoms with Gasteiger partial charge in [0.2, 0.25) is 0 Å². The number of urea groups is 1. The van der Waals surface area contributed by atoms with Crippen molar-refractivity contribution in [1.82, 2.24) is 25.2 Å².